The van der Waals surface area contributed by atoms with Crippen LogP contribution in [0.3, 0.4) is 0 Å². The maximum absolute atomic E-state index is 12.2. The SMILES string of the molecule is O=C(C[C@H]1CCS(=O)(=O)C1)OCC(=O)N1CCN(c2ccccc2)CC1. The lowest BCUT2D eigenvalue weighted by atomic mass is 10.1. The fourth-order valence-electron chi connectivity index (χ4n) is 3.41. The number of piperazine rings is 1. The van der Waals surface area contributed by atoms with Crippen molar-refractivity contribution in [3.05, 3.63) is 30.3 Å². The van der Waals surface area contributed by atoms with E-state index in [0.717, 1.165) is 18.8 Å². The van der Waals surface area contributed by atoms with Gasteiger partial charge in [-0.2, -0.15) is 0 Å². The first kappa shape index (κ1) is 18.7. The number of rotatable bonds is 5. The second-order valence-corrected chi connectivity index (χ2v) is 9.07. The number of esters is 1. The predicted molar refractivity (Wildman–Crippen MR) is 97.6 cm³/mol. The van der Waals surface area contributed by atoms with Crippen LogP contribution in [0.2, 0.25) is 0 Å². The summed E-state index contributed by atoms with van der Waals surface area (Å²) >= 11 is 0. The van der Waals surface area contributed by atoms with E-state index < -0.39 is 15.8 Å². The van der Waals surface area contributed by atoms with Gasteiger partial charge in [0.25, 0.3) is 5.91 Å². The van der Waals surface area contributed by atoms with Crippen LogP contribution in [0.1, 0.15) is 12.8 Å². The molecule has 1 atom stereocenters. The van der Waals surface area contributed by atoms with Gasteiger partial charge < -0.3 is 14.5 Å². The molecular weight excluding hydrogens is 356 g/mol. The molecular formula is C18H24N2O5S. The van der Waals surface area contributed by atoms with E-state index in [9.17, 15) is 18.0 Å². The number of para-hydroxylation sites is 1. The molecule has 1 amide bonds. The number of hydrogen-bond acceptors (Lipinski definition) is 6. The molecule has 2 aliphatic rings. The topological polar surface area (TPSA) is 84.0 Å². The summed E-state index contributed by atoms with van der Waals surface area (Å²) in [5.41, 5.74) is 1.14. The van der Waals surface area contributed by atoms with E-state index in [-0.39, 0.29) is 36.4 Å². The summed E-state index contributed by atoms with van der Waals surface area (Å²) in [7, 11) is -3.01. The van der Waals surface area contributed by atoms with Gasteiger partial charge in [-0.1, -0.05) is 18.2 Å². The zero-order valence-corrected chi connectivity index (χ0v) is 15.5. The normalized spacial score (nSPS) is 22.2. The molecule has 0 saturated carbocycles. The van der Waals surface area contributed by atoms with Crippen LogP contribution in [0.4, 0.5) is 5.69 Å². The van der Waals surface area contributed by atoms with Crippen molar-refractivity contribution in [2.75, 3.05) is 49.2 Å². The number of carbonyl (C=O) groups is 2. The predicted octanol–water partition coefficient (Wildman–Crippen LogP) is 0.703. The zero-order valence-electron chi connectivity index (χ0n) is 14.7. The van der Waals surface area contributed by atoms with Crippen LogP contribution in [-0.2, 0) is 24.2 Å². The smallest absolute Gasteiger partial charge is 0.306 e. The van der Waals surface area contributed by atoms with Crippen molar-refractivity contribution in [2.45, 2.75) is 12.8 Å². The summed E-state index contributed by atoms with van der Waals surface area (Å²) in [4.78, 5) is 28.0. The van der Waals surface area contributed by atoms with Crippen molar-refractivity contribution in [3.63, 3.8) is 0 Å². The Morgan fingerprint density at radius 3 is 2.38 bits per heavy atom. The Balaban J connectivity index is 1.38. The number of benzene rings is 1. The van der Waals surface area contributed by atoms with Crippen molar-refractivity contribution in [1.82, 2.24) is 4.90 Å². The Morgan fingerprint density at radius 1 is 1.08 bits per heavy atom. The molecule has 26 heavy (non-hydrogen) atoms. The Morgan fingerprint density at radius 2 is 1.77 bits per heavy atom. The fraction of sp³-hybridized carbons (Fsp3) is 0.556. The number of sulfone groups is 1. The van der Waals surface area contributed by atoms with Crippen molar-refractivity contribution in [3.8, 4) is 0 Å². The minimum absolute atomic E-state index is 0.0392. The minimum Gasteiger partial charge on any atom is -0.456 e. The first-order chi connectivity index (χ1) is 12.4. The van der Waals surface area contributed by atoms with E-state index in [4.69, 9.17) is 4.74 Å². The average molecular weight is 380 g/mol. The maximum atomic E-state index is 12.2. The van der Waals surface area contributed by atoms with E-state index in [1.807, 2.05) is 30.3 Å². The van der Waals surface area contributed by atoms with Crippen molar-refractivity contribution < 1.29 is 22.7 Å². The van der Waals surface area contributed by atoms with Crippen molar-refractivity contribution >= 4 is 27.4 Å². The van der Waals surface area contributed by atoms with E-state index in [1.165, 1.54) is 0 Å². The molecule has 1 aromatic rings. The van der Waals surface area contributed by atoms with Gasteiger partial charge in [-0.3, -0.25) is 9.59 Å². The number of nitrogens with zero attached hydrogens (tertiary/aromatic N) is 2. The van der Waals surface area contributed by atoms with Crippen LogP contribution in [0.25, 0.3) is 0 Å². The Kier molecular flexibility index (Phi) is 5.80. The molecule has 142 valence electrons. The summed E-state index contributed by atoms with van der Waals surface area (Å²) in [6.45, 7) is 2.38. The molecule has 7 nitrogen and oxygen atoms in total. The molecule has 0 spiro atoms. The summed E-state index contributed by atoms with van der Waals surface area (Å²) in [6, 6.07) is 10.0. The fourth-order valence-corrected chi connectivity index (χ4v) is 5.28. The maximum Gasteiger partial charge on any atom is 0.306 e. The highest BCUT2D eigenvalue weighted by Gasteiger charge is 2.30. The quantitative estimate of drug-likeness (QED) is 0.700. The van der Waals surface area contributed by atoms with Gasteiger partial charge in [-0.05, 0) is 24.5 Å². The summed E-state index contributed by atoms with van der Waals surface area (Å²) < 4.78 is 27.9. The monoisotopic (exact) mass is 380 g/mol. The summed E-state index contributed by atoms with van der Waals surface area (Å²) in [5.74, 6) is -0.710. The number of anilines is 1. The molecule has 1 aromatic carbocycles. The third kappa shape index (κ3) is 4.97. The summed E-state index contributed by atoms with van der Waals surface area (Å²) in [6.07, 6.45) is 0.557. The number of ether oxygens (including phenoxy) is 1. The number of hydrogen-bond donors (Lipinski definition) is 0. The molecule has 2 aliphatic heterocycles. The van der Waals surface area contributed by atoms with Crippen molar-refractivity contribution in [2.24, 2.45) is 5.92 Å². The molecule has 0 N–H and O–H groups in total. The van der Waals surface area contributed by atoms with Gasteiger partial charge in [0.2, 0.25) is 0 Å². The lowest BCUT2D eigenvalue weighted by Gasteiger charge is -2.36. The first-order valence-corrected chi connectivity index (χ1v) is 10.7. The van der Waals surface area contributed by atoms with E-state index >= 15 is 0 Å². The molecule has 2 heterocycles. The Labute approximate surface area is 153 Å². The molecule has 0 radical (unpaired) electrons. The Hall–Kier alpha value is -2.09. The highest BCUT2D eigenvalue weighted by Crippen LogP contribution is 2.22. The van der Waals surface area contributed by atoms with Gasteiger partial charge in [0.05, 0.1) is 11.5 Å². The van der Waals surface area contributed by atoms with Gasteiger partial charge in [0, 0.05) is 38.3 Å². The van der Waals surface area contributed by atoms with Gasteiger partial charge in [0.1, 0.15) is 0 Å². The van der Waals surface area contributed by atoms with E-state index in [1.54, 1.807) is 4.90 Å². The molecule has 0 bridgehead atoms. The number of amides is 1. The second kappa shape index (κ2) is 8.07. The van der Waals surface area contributed by atoms with Gasteiger partial charge in [-0.25, -0.2) is 8.42 Å². The minimum atomic E-state index is -3.01. The molecule has 2 fully saturated rings. The standard InChI is InChI=1S/C18H24N2O5S/c21-17(13-25-18(22)12-15-6-11-26(23,24)14-15)20-9-7-19(8-10-20)16-4-2-1-3-5-16/h1-5,15H,6-14H2/t15-/m1/s1. The van der Waals surface area contributed by atoms with Crippen LogP contribution in [-0.4, -0.2) is 69.5 Å². The van der Waals surface area contributed by atoms with Gasteiger partial charge >= 0.3 is 5.97 Å². The second-order valence-electron chi connectivity index (χ2n) is 6.84. The molecule has 2 saturated heterocycles. The lowest BCUT2D eigenvalue weighted by molar-refractivity contribution is -0.152. The largest absolute Gasteiger partial charge is 0.456 e. The first-order valence-electron chi connectivity index (χ1n) is 8.87. The highest BCUT2D eigenvalue weighted by molar-refractivity contribution is 7.91. The van der Waals surface area contributed by atoms with Crippen LogP contribution >= 0.6 is 0 Å². The third-order valence-electron chi connectivity index (χ3n) is 4.89. The lowest BCUT2D eigenvalue weighted by Crippen LogP contribution is -2.49. The molecule has 0 aromatic heterocycles. The molecule has 8 heteroatoms. The van der Waals surface area contributed by atoms with Crippen LogP contribution in [0, 0.1) is 5.92 Å². The third-order valence-corrected chi connectivity index (χ3v) is 6.73. The average Bonchev–Trinajstić information content (AvgIpc) is 2.99. The highest BCUT2D eigenvalue weighted by atomic mass is 32.2. The number of carbonyl (C=O) groups excluding carboxylic acids is 2. The summed E-state index contributed by atoms with van der Waals surface area (Å²) in [5, 5.41) is 0. The zero-order chi connectivity index (χ0) is 18.6. The molecule has 0 unspecified atom stereocenters. The Bertz CT molecular complexity index is 742. The van der Waals surface area contributed by atoms with Gasteiger partial charge in [0.15, 0.2) is 16.4 Å². The van der Waals surface area contributed by atoms with Gasteiger partial charge in [-0.15, -0.1) is 0 Å². The molecule has 0 aliphatic carbocycles. The van der Waals surface area contributed by atoms with Crippen LogP contribution in [0.5, 0.6) is 0 Å². The van der Waals surface area contributed by atoms with E-state index in [0.29, 0.717) is 19.5 Å². The van der Waals surface area contributed by atoms with Crippen LogP contribution < -0.4 is 4.90 Å². The van der Waals surface area contributed by atoms with E-state index in [2.05, 4.69) is 4.90 Å². The van der Waals surface area contributed by atoms with Crippen molar-refractivity contribution in [1.29, 1.82) is 0 Å². The van der Waals surface area contributed by atoms with Crippen LogP contribution in [0.15, 0.2) is 30.3 Å². The molecule has 3 rings (SSSR count).